The van der Waals surface area contributed by atoms with Crippen molar-refractivity contribution >= 4 is 27.9 Å². The van der Waals surface area contributed by atoms with Crippen LogP contribution in [-0.2, 0) is 16.1 Å². The lowest BCUT2D eigenvalue weighted by molar-refractivity contribution is -0.136. The Morgan fingerprint density at radius 2 is 1.79 bits per heavy atom. The zero-order chi connectivity index (χ0) is 20.8. The third-order valence-corrected chi connectivity index (χ3v) is 4.75. The fraction of sp³-hybridized carbons (Fsp3) is 0.333. The normalized spacial score (nSPS) is 10.5. The number of carbonyl (C=O) groups is 2. The van der Waals surface area contributed by atoms with Crippen molar-refractivity contribution in [2.75, 3.05) is 35.0 Å². The number of methoxy groups -OCH3 is 4. The lowest BCUT2D eigenvalue weighted by Crippen LogP contribution is -2.22. The fourth-order valence-corrected chi connectivity index (χ4v) is 3.49. The highest BCUT2D eigenvalue weighted by Gasteiger charge is 2.26. The van der Waals surface area contributed by atoms with E-state index >= 15 is 0 Å². The van der Waals surface area contributed by atoms with Gasteiger partial charge in [0, 0.05) is 23.4 Å². The Labute approximate surface area is 170 Å². The number of esters is 1. The third-order valence-electron chi connectivity index (χ3n) is 3.96. The van der Waals surface area contributed by atoms with Gasteiger partial charge in [-0.05, 0) is 28.1 Å². The lowest BCUT2D eigenvalue weighted by atomic mass is 10.0. The number of hydrogen-bond acceptors (Lipinski definition) is 7. The van der Waals surface area contributed by atoms with Gasteiger partial charge in [-0.3, -0.25) is 4.79 Å². The van der Waals surface area contributed by atoms with E-state index in [0.29, 0.717) is 38.5 Å². The van der Waals surface area contributed by atoms with Crippen molar-refractivity contribution in [3.05, 3.63) is 28.0 Å². The zero-order valence-electron chi connectivity index (χ0n) is 15.8. The summed E-state index contributed by atoms with van der Waals surface area (Å²) in [4.78, 5) is 25.9. The highest BCUT2D eigenvalue weighted by molar-refractivity contribution is 9.10. The van der Waals surface area contributed by atoms with Crippen LogP contribution in [0.15, 0.2) is 16.6 Å². The van der Waals surface area contributed by atoms with Gasteiger partial charge in [0.15, 0.2) is 11.5 Å². The van der Waals surface area contributed by atoms with Crippen molar-refractivity contribution in [1.29, 1.82) is 0 Å². The zero-order valence-corrected chi connectivity index (χ0v) is 17.4. The molecule has 0 unspecified atom stereocenters. The molecule has 0 bridgehead atoms. The molecule has 28 heavy (non-hydrogen) atoms. The number of nitrogens with one attached hydrogen (secondary N) is 2. The molecule has 0 amide bonds. The van der Waals surface area contributed by atoms with Crippen LogP contribution in [0.1, 0.15) is 16.2 Å². The number of aromatic nitrogens is 1. The molecule has 0 aliphatic rings. The Hall–Kier alpha value is -2.72. The van der Waals surface area contributed by atoms with Crippen molar-refractivity contribution in [2.24, 2.45) is 0 Å². The first-order valence-electron chi connectivity index (χ1n) is 8.10. The summed E-state index contributed by atoms with van der Waals surface area (Å²) in [6.07, 6.45) is 0. The highest BCUT2D eigenvalue weighted by atomic mass is 79.9. The van der Waals surface area contributed by atoms with Crippen molar-refractivity contribution in [1.82, 2.24) is 10.3 Å². The van der Waals surface area contributed by atoms with Crippen LogP contribution in [0.25, 0.3) is 11.1 Å². The summed E-state index contributed by atoms with van der Waals surface area (Å²) in [6.45, 7) is -0.0819. The maximum atomic E-state index is 12.1. The number of rotatable bonds is 9. The lowest BCUT2D eigenvalue weighted by Gasteiger charge is -2.16. The Morgan fingerprint density at radius 1 is 1.11 bits per heavy atom. The minimum absolute atomic E-state index is 0.161. The third kappa shape index (κ3) is 4.23. The van der Waals surface area contributed by atoms with Crippen LogP contribution in [0.3, 0.4) is 0 Å². The molecule has 0 radical (unpaired) electrons. The van der Waals surface area contributed by atoms with E-state index in [2.05, 4.69) is 26.2 Å². The van der Waals surface area contributed by atoms with Crippen LogP contribution in [-0.4, -0.2) is 57.0 Å². The van der Waals surface area contributed by atoms with Gasteiger partial charge in [-0.15, -0.1) is 0 Å². The molecular weight excluding hydrogens is 436 g/mol. The molecular formula is C18H21BrN2O7. The van der Waals surface area contributed by atoms with Gasteiger partial charge < -0.3 is 34.4 Å². The molecule has 1 aromatic heterocycles. The molecule has 0 spiro atoms. The van der Waals surface area contributed by atoms with Crippen LogP contribution in [0.5, 0.6) is 17.2 Å². The van der Waals surface area contributed by atoms with Crippen LogP contribution in [0, 0.1) is 0 Å². The Balaban J connectivity index is 2.67. The number of carboxylic acids is 1. The number of carbonyl (C=O) groups excluding carboxylic acids is 1. The van der Waals surface area contributed by atoms with Gasteiger partial charge in [-0.2, -0.15) is 0 Å². The van der Waals surface area contributed by atoms with E-state index in [1.807, 2.05) is 0 Å². The fourth-order valence-electron chi connectivity index (χ4n) is 2.77. The molecule has 0 aliphatic carbocycles. The largest absolute Gasteiger partial charge is 0.493 e. The number of ether oxygens (including phenoxy) is 4. The van der Waals surface area contributed by atoms with Crippen LogP contribution in [0.4, 0.5) is 0 Å². The van der Waals surface area contributed by atoms with Gasteiger partial charge in [-0.25, -0.2) is 4.79 Å². The van der Waals surface area contributed by atoms with E-state index < -0.39 is 11.9 Å². The molecule has 0 atom stereocenters. The maximum Gasteiger partial charge on any atom is 0.355 e. The molecule has 152 valence electrons. The topological polar surface area (TPSA) is 119 Å². The average molecular weight is 457 g/mol. The minimum Gasteiger partial charge on any atom is -0.493 e. The molecule has 0 saturated heterocycles. The van der Waals surface area contributed by atoms with E-state index in [0.717, 1.165) is 0 Å². The molecule has 0 fully saturated rings. The molecule has 2 aromatic rings. The first-order valence-corrected chi connectivity index (χ1v) is 8.89. The van der Waals surface area contributed by atoms with Crippen LogP contribution >= 0.6 is 15.9 Å². The highest BCUT2D eigenvalue weighted by Crippen LogP contribution is 2.47. The van der Waals surface area contributed by atoms with Gasteiger partial charge in [0.2, 0.25) is 5.75 Å². The Bertz CT molecular complexity index is 879. The van der Waals surface area contributed by atoms with Crippen molar-refractivity contribution in [3.63, 3.8) is 0 Å². The van der Waals surface area contributed by atoms with E-state index in [9.17, 15) is 9.59 Å². The first-order chi connectivity index (χ1) is 13.4. The SMILES string of the molecule is COC(=O)c1[nH]c(CNCC(=O)O)c(-c2ccc(OC)c(OC)c2OC)c1Br. The van der Waals surface area contributed by atoms with Gasteiger partial charge in [0.25, 0.3) is 0 Å². The molecule has 1 aromatic carbocycles. The summed E-state index contributed by atoms with van der Waals surface area (Å²) in [5.41, 5.74) is 1.99. The summed E-state index contributed by atoms with van der Waals surface area (Å²) >= 11 is 3.44. The summed E-state index contributed by atoms with van der Waals surface area (Å²) < 4.78 is 21.5. The average Bonchev–Trinajstić information content (AvgIpc) is 3.01. The maximum absolute atomic E-state index is 12.1. The second-order valence-electron chi connectivity index (χ2n) is 5.54. The van der Waals surface area contributed by atoms with E-state index in [1.165, 1.54) is 28.4 Å². The second kappa shape index (κ2) is 9.47. The van der Waals surface area contributed by atoms with E-state index in [4.69, 9.17) is 24.1 Å². The molecule has 0 aliphatic heterocycles. The van der Waals surface area contributed by atoms with Gasteiger partial charge in [0.1, 0.15) is 5.69 Å². The standard InChI is InChI=1S/C18H21BrN2O7/c1-25-11-6-5-9(16(26-2)17(11)27-3)13-10(7-20-8-12(22)23)21-15(14(13)19)18(24)28-4/h5-6,20-21H,7-8H2,1-4H3,(H,22,23). The van der Waals surface area contributed by atoms with Gasteiger partial charge in [-0.1, -0.05) is 0 Å². The van der Waals surface area contributed by atoms with Crippen LogP contribution in [0.2, 0.25) is 0 Å². The number of carboxylic acid groups (broad SMARTS) is 1. The molecule has 9 nitrogen and oxygen atoms in total. The molecule has 3 N–H and O–H groups in total. The summed E-state index contributed by atoms with van der Waals surface area (Å²) in [6, 6.07) is 3.47. The number of aromatic amines is 1. The van der Waals surface area contributed by atoms with Crippen molar-refractivity contribution < 1.29 is 33.6 Å². The van der Waals surface area contributed by atoms with E-state index in [-0.39, 0.29) is 18.8 Å². The molecule has 1 heterocycles. The quantitative estimate of drug-likeness (QED) is 0.492. The summed E-state index contributed by atoms with van der Waals surface area (Å²) in [7, 11) is 5.77. The molecule has 2 rings (SSSR count). The number of benzene rings is 1. The smallest absolute Gasteiger partial charge is 0.355 e. The minimum atomic E-state index is -0.996. The predicted octanol–water partition coefficient (Wildman–Crippen LogP) is 2.43. The van der Waals surface area contributed by atoms with Gasteiger partial charge >= 0.3 is 11.9 Å². The van der Waals surface area contributed by atoms with Crippen LogP contribution < -0.4 is 19.5 Å². The summed E-state index contributed by atoms with van der Waals surface area (Å²) in [5.74, 6) is -0.299. The second-order valence-corrected chi connectivity index (χ2v) is 6.33. The number of H-pyrrole nitrogens is 1. The van der Waals surface area contributed by atoms with Crippen molar-refractivity contribution in [3.8, 4) is 28.4 Å². The number of halogens is 1. The Morgan fingerprint density at radius 3 is 2.32 bits per heavy atom. The van der Waals surface area contributed by atoms with Crippen molar-refractivity contribution in [2.45, 2.75) is 6.54 Å². The summed E-state index contributed by atoms with van der Waals surface area (Å²) in [5, 5.41) is 11.7. The molecule has 0 saturated carbocycles. The van der Waals surface area contributed by atoms with E-state index in [1.54, 1.807) is 12.1 Å². The Kier molecular flexibility index (Phi) is 7.30. The first kappa shape index (κ1) is 21.6. The van der Waals surface area contributed by atoms with Gasteiger partial charge in [0.05, 0.1) is 39.5 Å². The number of aliphatic carboxylic acids is 1. The number of hydrogen-bond donors (Lipinski definition) is 3. The molecule has 10 heteroatoms. The predicted molar refractivity (Wildman–Crippen MR) is 104 cm³/mol. The monoisotopic (exact) mass is 456 g/mol.